The fourth-order valence-corrected chi connectivity index (χ4v) is 2.57. The van der Waals surface area contributed by atoms with Crippen molar-refractivity contribution in [1.82, 2.24) is 0 Å². The lowest BCUT2D eigenvalue weighted by atomic mass is 10.3. The summed E-state index contributed by atoms with van der Waals surface area (Å²) in [4.78, 5) is 2.32. The number of nitrogen functional groups attached to an aromatic ring is 1. The fourth-order valence-electron chi connectivity index (χ4n) is 1.37. The van der Waals surface area contributed by atoms with Gasteiger partial charge in [-0.2, -0.15) is 0 Å². The van der Waals surface area contributed by atoms with Crippen molar-refractivity contribution in [3.63, 3.8) is 0 Å². The van der Waals surface area contributed by atoms with E-state index >= 15 is 0 Å². The van der Waals surface area contributed by atoms with Crippen LogP contribution in [0.4, 0.5) is 5.69 Å². The third-order valence-corrected chi connectivity index (χ3v) is 4.24. The Bertz CT molecular complexity index is 513. The van der Waals surface area contributed by atoms with Crippen LogP contribution in [0, 0.1) is 3.57 Å². The first-order chi connectivity index (χ1) is 8.19. The number of rotatable bonds is 3. The highest BCUT2D eigenvalue weighted by molar-refractivity contribution is 14.1. The molecule has 0 spiro atoms. The molecule has 2 nitrogen and oxygen atoms in total. The Labute approximate surface area is 119 Å². The van der Waals surface area contributed by atoms with E-state index < -0.39 is 0 Å². The van der Waals surface area contributed by atoms with Crippen LogP contribution in [0.5, 0.6) is 5.75 Å². The van der Waals surface area contributed by atoms with Crippen molar-refractivity contribution in [3.05, 3.63) is 46.0 Å². The van der Waals surface area contributed by atoms with Gasteiger partial charge in [-0.15, -0.1) is 0 Å². The summed E-state index contributed by atoms with van der Waals surface area (Å²) >= 11 is 3.92. The predicted octanol–water partition coefficient (Wildman–Crippen LogP) is 4.03. The Kier molecular flexibility index (Phi) is 4.17. The van der Waals surface area contributed by atoms with Gasteiger partial charge in [-0.05, 0) is 65.1 Å². The summed E-state index contributed by atoms with van der Waals surface area (Å²) in [6, 6.07) is 14.1. The highest BCUT2D eigenvalue weighted by Gasteiger charge is 2.01. The number of halogens is 1. The van der Waals surface area contributed by atoms with Crippen molar-refractivity contribution in [3.8, 4) is 5.75 Å². The van der Waals surface area contributed by atoms with Crippen molar-refractivity contribution in [1.29, 1.82) is 0 Å². The van der Waals surface area contributed by atoms with Crippen LogP contribution in [0.1, 0.15) is 0 Å². The fraction of sp³-hybridized carbons (Fsp3) is 0.0769. The number of anilines is 1. The van der Waals surface area contributed by atoms with Crippen molar-refractivity contribution in [2.24, 2.45) is 0 Å². The van der Waals surface area contributed by atoms with Gasteiger partial charge in [0.05, 0.1) is 7.11 Å². The normalized spacial score (nSPS) is 10.2. The van der Waals surface area contributed by atoms with E-state index in [9.17, 15) is 0 Å². The van der Waals surface area contributed by atoms with Crippen molar-refractivity contribution in [2.75, 3.05) is 12.8 Å². The highest BCUT2D eigenvalue weighted by Crippen LogP contribution is 2.31. The average Bonchev–Trinajstić information content (AvgIpc) is 2.35. The molecule has 88 valence electrons. The lowest BCUT2D eigenvalue weighted by Gasteiger charge is -2.05. The van der Waals surface area contributed by atoms with E-state index in [1.54, 1.807) is 18.9 Å². The maximum absolute atomic E-state index is 5.88. The molecule has 2 rings (SSSR count). The molecule has 2 aromatic rings. The monoisotopic (exact) mass is 357 g/mol. The quantitative estimate of drug-likeness (QED) is 0.665. The van der Waals surface area contributed by atoms with E-state index in [2.05, 4.69) is 28.7 Å². The Morgan fingerprint density at radius 2 is 1.71 bits per heavy atom. The minimum Gasteiger partial charge on any atom is -0.497 e. The molecule has 0 aliphatic heterocycles. The van der Waals surface area contributed by atoms with E-state index in [0.717, 1.165) is 19.9 Å². The number of benzene rings is 2. The Morgan fingerprint density at radius 3 is 2.29 bits per heavy atom. The summed E-state index contributed by atoms with van der Waals surface area (Å²) in [7, 11) is 1.67. The van der Waals surface area contributed by atoms with Crippen LogP contribution in [0.25, 0.3) is 0 Å². The minimum absolute atomic E-state index is 0.823. The van der Waals surface area contributed by atoms with Crippen LogP contribution in [-0.4, -0.2) is 7.11 Å². The molecule has 17 heavy (non-hydrogen) atoms. The number of ether oxygens (including phenoxy) is 1. The smallest absolute Gasteiger partial charge is 0.118 e. The SMILES string of the molecule is COc1ccc(Sc2ccc(I)c(N)c2)cc1. The molecule has 0 aliphatic carbocycles. The zero-order chi connectivity index (χ0) is 12.3. The summed E-state index contributed by atoms with van der Waals surface area (Å²) in [6.07, 6.45) is 0. The van der Waals surface area contributed by atoms with Crippen molar-refractivity contribution < 1.29 is 4.74 Å². The lowest BCUT2D eigenvalue weighted by Crippen LogP contribution is -1.88. The molecular weight excluding hydrogens is 345 g/mol. The third kappa shape index (κ3) is 3.29. The third-order valence-electron chi connectivity index (χ3n) is 2.26. The Hall–Kier alpha value is -0.880. The molecule has 2 aromatic carbocycles. The van der Waals surface area contributed by atoms with Crippen LogP contribution in [0.15, 0.2) is 52.3 Å². The van der Waals surface area contributed by atoms with Gasteiger partial charge < -0.3 is 10.5 Å². The molecule has 0 saturated carbocycles. The summed E-state index contributed by atoms with van der Waals surface area (Å²) in [6.45, 7) is 0. The summed E-state index contributed by atoms with van der Waals surface area (Å²) in [5.74, 6) is 0.872. The maximum Gasteiger partial charge on any atom is 0.118 e. The van der Waals surface area contributed by atoms with Gasteiger partial charge in [-0.3, -0.25) is 0 Å². The van der Waals surface area contributed by atoms with E-state index in [-0.39, 0.29) is 0 Å². The molecule has 0 fully saturated rings. The largest absolute Gasteiger partial charge is 0.497 e. The van der Waals surface area contributed by atoms with Gasteiger partial charge in [0, 0.05) is 19.0 Å². The molecule has 4 heteroatoms. The second-order valence-electron chi connectivity index (χ2n) is 3.46. The van der Waals surface area contributed by atoms with Crippen LogP contribution < -0.4 is 10.5 Å². The van der Waals surface area contributed by atoms with E-state index in [1.807, 2.05) is 36.4 Å². The van der Waals surface area contributed by atoms with Crippen LogP contribution in [-0.2, 0) is 0 Å². The number of hydrogen-bond acceptors (Lipinski definition) is 3. The molecule has 0 aliphatic rings. The number of nitrogens with two attached hydrogens (primary N) is 1. The predicted molar refractivity (Wildman–Crippen MR) is 80.7 cm³/mol. The summed E-state index contributed by atoms with van der Waals surface area (Å²) in [5, 5.41) is 0. The van der Waals surface area contributed by atoms with E-state index in [1.165, 1.54) is 4.90 Å². The molecule has 0 unspecified atom stereocenters. The van der Waals surface area contributed by atoms with E-state index in [4.69, 9.17) is 10.5 Å². The zero-order valence-corrected chi connectivity index (χ0v) is 12.3. The second-order valence-corrected chi connectivity index (χ2v) is 5.77. The first kappa shape index (κ1) is 12.6. The molecule has 2 N–H and O–H groups in total. The van der Waals surface area contributed by atoms with Gasteiger partial charge in [0.15, 0.2) is 0 Å². The summed E-state index contributed by atoms with van der Waals surface area (Å²) in [5.41, 5.74) is 6.70. The Balaban J connectivity index is 2.16. The topological polar surface area (TPSA) is 35.2 Å². The molecule has 0 radical (unpaired) electrons. The maximum atomic E-state index is 5.88. The van der Waals surface area contributed by atoms with Gasteiger partial charge in [0.25, 0.3) is 0 Å². The van der Waals surface area contributed by atoms with Gasteiger partial charge in [-0.25, -0.2) is 0 Å². The van der Waals surface area contributed by atoms with Gasteiger partial charge in [0.2, 0.25) is 0 Å². The van der Waals surface area contributed by atoms with E-state index in [0.29, 0.717) is 0 Å². The lowest BCUT2D eigenvalue weighted by molar-refractivity contribution is 0.414. The van der Waals surface area contributed by atoms with Crippen LogP contribution in [0.2, 0.25) is 0 Å². The zero-order valence-electron chi connectivity index (χ0n) is 9.31. The van der Waals surface area contributed by atoms with Gasteiger partial charge in [-0.1, -0.05) is 11.8 Å². The molecule has 0 bridgehead atoms. The van der Waals surface area contributed by atoms with Gasteiger partial charge >= 0.3 is 0 Å². The second kappa shape index (κ2) is 5.64. The molecule has 0 saturated heterocycles. The van der Waals surface area contributed by atoms with Crippen LogP contribution in [0.3, 0.4) is 0 Å². The highest BCUT2D eigenvalue weighted by atomic mass is 127. The Morgan fingerprint density at radius 1 is 1.06 bits per heavy atom. The molecule has 0 atom stereocenters. The number of methoxy groups -OCH3 is 1. The first-order valence-corrected chi connectivity index (χ1v) is 6.95. The minimum atomic E-state index is 0.823. The van der Waals surface area contributed by atoms with Crippen molar-refractivity contribution in [2.45, 2.75) is 9.79 Å². The average molecular weight is 357 g/mol. The number of hydrogen-bond donors (Lipinski definition) is 1. The molecule has 0 heterocycles. The summed E-state index contributed by atoms with van der Waals surface area (Å²) < 4.78 is 6.21. The van der Waals surface area contributed by atoms with Gasteiger partial charge in [0.1, 0.15) is 5.75 Å². The standard InChI is InChI=1S/C13H12INOS/c1-16-9-2-4-10(5-3-9)17-11-6-7-12(14)13(15)8-11/h2-8H,15H2,1H3. The first-order valence-electron chi connectivity index (χ1n) is 5.06. The van der Waals surface area contributed by atoms with Crippen molar-refractivity contribution >= 4 is 40.0 Å². The molecular formula is C13H12INOS. The molecule has 0 aromatic heterocycles. The molecule has 0 amide bonds. The van der Waals surface area contributed by atoms with Crippen LogP contribution >= 0.6 is 34.4 Å².